The molecule has 0 aliphatic carbocycles. The van der Waals surface area contributed by atoms with E-state index in [1.54, 1.807) is 17.0 Å². The number of amides is 1. The number of carbonyl (C=O) groups excluding carboxylic acids is 1. The molecule has 0 atom stereocenters. The number of aliphatic hydroxyl groups is 1. The van der Waals surface area contributed by atoms with Crippen molar-refractivity contribution in [2.75, 3.05) is 13.1 Å². The maximum atomic E-state index is 13.0. The first-order valence-electron chi connectivity index (χ1n) is 8.40. The number of rotatable bonds is 6. The Kier molecular flexibility index (Phi) is 6.91. The molecule has 0 aliphatic rings. The van der Waals surface area contributed by atoms with Crippen LogP contribution in [0.2, 0.25) is 23.2 Å². The highest BCUT2D eigenvalue weighted by Gasteiger charge is 2.40. The summed E-state index contributed by atoms with van der Waals surface area (Å²) in [6.07, 6.45) is 0. The molecule has 24 heavy (non-hydrogen) atoms. The topological polar surface area (TPSA) is 49.8 Å². The van der Waals surface area contributed by atoms with Gasteiger partial charge in [-0.25, -0.2) is 0 Å². The van der Waals surface area contributed by atoms with E-state index in [0.717, 1.165) is 0 Å². The van der Waals surface area contributed by atoms with Crippen LogP contribution in [0, 0.1) is 0 Å². The molecule has 0 aliphatic heterocycles. The zero-order chi connectivity index (χ0) is 18.7. The van der Waals surface area contributed by atoms with Gasteiger partial charge in [-0.15, -0.1) is 0 Å². The minimum Gasteiger partial charge on any atom is -0.543 e. The second kappa shape index (κ2) is 7.89. The first-order valence-corrected chi connectivity index (χ1v) is 11.7. The standard InChI is InChI=1S/C18H30ClNO3Si/c1-8-20(9-2)17(22)16-13(12-21)10-14(19)11-15(16)23-24(6,7)18(3,4)5/h10-11,21H,8-9,12H2,1-7H3. The molecule has 0 aromatic heterocycles. The van der Waals surface area contributed by atoms with Crippen LogP contribution in [0.1, 0.15) is 50.5 Å². The van der Waals surface area contributed by atoms with Gasteiger partial charge in [-0.2, -0.15) is 0 Å². The molecule has 1 rings (SSSR count). The summed E-state index contributed by atoms with van der Waals surface area (Å²) >= 11 is 6.20. The predicted molar refractivity (Wildman–Crippen MR) is 102 cm³/mol. The van der Waals surface area contributed by atoms with Crippen molar-refractivity contribution in [3.63, 3.8) is 0 Å². The number of aliphatic hydroxyl groups excluding tert-OH is 1. The van der Waals surface area contributed by atoms with Crippen LogP contribution in [-0.2, 0) is 6.61 Å². The van der Waals surface area contributed by atoms with Crippen LogP contribution in [0.25, 0.3) is 0 Å². The fourth-order valence-corrected chi connectivity index (χ4v) is 3.43. The first kappa shape index (κ1) is 21.0. The molecule has 0 saturated carbocycles. The van der Waals surface area contributed by atoms with Gasteiger partial charge in [0.05, 0.1) is 12.2 Å². The molecular formula is C18H30ClNO3Si. The highest BCUT2D eigenvalue weighted by molar-refractivity contribution is 6.74. The lowest BCUT2D eigenvalue weighted by molar-refractivity contribution is 0.0767. The Morgan fingerprint density at radius 3 is 2.21 bits per heavy atom. The molecular weight excluding hydrogens is 342 g/mol. The second-order valence-electron chi connectivity index (χ2n) is 7.44. The molecule has 0 bridgehead atoms. The Morgan fingerprint density at radius 2 is 1.79 bits per heavy atom. The summed E-state index contributed by atoms with van der Waals surface area (Å²) in [5.74, 6) is 0.351. The zero-order valence-electron chi connectivity index (χ0n) is 15.9. The Morgan fingerprint density at radius 1 is 1.25 bits per heavy atom. The number of hydrogen-bond acceptors (Lipinski definition) is 3. The highest BCUT2D eigenvalue weighted by Crippen LogP contribution is 2.40. The third-order valence-corrected chi connectivity index (χ3v) is 9.32. The fraction of sp³-hybridized carbons (Fsp3) is 0.611. The molecule has 1 aromatic rings. The minimum atomic E-state index is -2.15. The number of halogens is 1. The van der Waals surface area contributed by atoms with Gasteiger partial charge in [0.25, 0.3) is 14.2 Å². The molecule has 1 N–H and O–H groups in total. The summed E-state index contributed by atoms with van der Waals surface area (Å²) in [5, 5.41) is 10.2. The van der Waals surface area contributed by atoms with Gasteiger partial charge in [0.2, 0.25) is 0 Å². The van der Waals surface area contributed by atoms with Crippen molar-refractivity contribution in [1.82, 2.24) is 4.90 Å². The fourth-order valence-electron chi connectivity index (χ4n) is 2.18. The molecule has 1 amide bonds. The molecule has 4 nitrogen and oxygen atoms in total. The third-order valence-electron chi connectivity index (χ3n) is 4.75. The molecule has 0 unspecified atom stereocenters. The Labute approximate surface area is 151 Å². The van der Waals surface area contributed by atoms with E-state index in [4.69, 9.17) is 16.0 Å². The van der Waals surface area contributed by atoms with Crippen LogP contribution in [0.5, 0.6) is 5.75 Å². The van der Waals surface area contributed by atoms with Crippen molar-refractivity contribution in [3.05, 3.63) is 28.3 Å². The SMILES string of the molecule is CCN(CC)C(=O)c1c(CO)cc(Cl)cc1O[Si](C)(C)C(C)(C)C. The molecule has 0 heterocycles. The predicted octanol–water partition coefficient (Wildman–Crippen LogP) is 4.70. The monoisotopic (exact) mass is 371 g/mol. The van der Waals surface area contributed by atoms with Crippen molar-refractivity contribution in [2.24, 2.45) is 0 Å². The highest BCUT2D eigenvalue weighted by atomic mass is 35.5. The van der Waals surface area contributed by atoms with Crippen molar-refractivity contribution in [1.29, 1.82) is 0 Å². The van der Waals surface area contributed by atoms with Gasteiger partial charge in [0, 0.05) is 18.1 Å². The van der Waals surface area contributed by atoms with E-state index >= 15 is 0 Å². The van der Waals surface area contributed by atoms with Crippen LogP contribution in [0.4, 0.5) is 0 Å². The minimum absolute atomic E-state index is 0.00971. The van der Waals surface area contributed by atoms with Gasteiger partial charge >= 0.3 is 0 Å². The van der Waals surface area contributed by atoms with Gasteiger partial charge in [-0.3, -0.25) is 4.79 Å². The smallest absolute Gasteiger partial charge is 0.257 e. The lowest BCUT2D eigenvalue weighted by Crippen LogP contribution is -2.44. The number of nitrogens with zero attached hydrogens (tertiary/aromatic N) is 1. The van der Waals surface area contributed by atoms with Crippen LogP contribution in [-0.4, -0.2) is 37.3 Å². The van der Waals surface area contributed by atoms with E-state index < -0.39 is 8.32 Å². The Hall–Kier alpha value is -1.04. The van der Waals surface area contributed by atoms with Crippen molar-refractivity contribution >= 4 is 25.8 Å². The van der Waals surface area contributed by atoms with Crippen molar-refractivity contribution in [2.45, 2.75) is 59.4 Å². The Balaban J connectivity index is 3.49. The summed E-state index contributed by atoms with van der Waals surface area (Å²) in [7, 11) is -2.15. The van der Waals surface area contributed by atoms with Gasteiger partial charge in [-0.1, -0.05) is 32.4 Å². The van der Waals surface area contributed by atoms with E-state index in [1.165, 1.54) is 0 Å². The Bertz CT molecular complexity index is 593. The molecule has 6 heteroatoms. The molecule has 0 radical (unpaired) electrons. The van der Waals surface area contributed by atoms with Gasteiger partial charge in [0.1, 0.15) is 5.75 Å². The number of carbonyl (C=O) groups is 1. The van der Waals surface area contributed by atoms with Gasteiger partial charge in [-0.05, 0) is 49.7 Å². The van der Waals surface area contributed by atoms with E-state index in [0.29, 0.717) is 35.0 Å². The van der Waals surface area contributed by atoms with Crippen LogP contribution < -0.4 is 4.43 Å². The summed E-state index contributed by atoms with van der Waals surface area (Å²) in [6.45, 7) is 15.5. The molecule has 0 fully saturated rings. The van der Waals surface area contributed by atoms with Crippen LogP contribution in [0.3, 0.4) is 0 Å². The normalized spacial score (nSPS) is 12.2. The van der Waals surface area contributed by atoms with Crippen LogP contribution >= 0.6 is 11.6 Å². The molecule has 136 valence electrons. The lowest BCUT2D eigenvalue weighted by Gasteiger charge is -2.37. The quantitative estimate of drug-likeness (QED) is 0.737. The molecule has 1 aromatic carbocycles. The van der Waals surface area contributed by atoms with E-state index in [1.807, 2.05) is 13.8 Å². The summed E-state index contributed by atoms with van der Waals surface area (Å²) in [6, 6.07) is 3.33. The summed E-state index contributed by atoms with van der Waals surface area (Å²) in [5.41, 5.74) is 0.934. The third kappa shape index (κ3) is 4.52. The maximum Gasteiger partial charge on any atom is 0.257 e. The van der Waals surface area contributed by atoms with E-state index in [9.17, 15) is 9.90 Å². The van der Waals surface area contributed by atoms with Crippen molar-refractivity contribution in [3.8, 4) is 5.75 Å². The molecule has 0 spiro atoms. The van der Waals surface area contributed by atoms with Gasteiger partial charge < -0.3 is 14.4 Å². The average molecular weight is 372 g/mol. The number of benzene rings is 1. The summed E-state index contributed by atoms with van der Waals surface area (Å²) in [4.78, 5) is 14.7. The lowest BCUT2D eigenvalue weighted by atomic mass is 10.1. The average Bonchev–Trinajstić information content (AvgIpc) is 2.45. The maximum absolute atomic E-state index is 13.0. The van der Waals surface area contributed by atoms with E-state index in [2.05, 4.69) is 33.9 Å². The number of hydrogen-bond donors (Lipinski definition) is 1. The van der Waals surface area contributed by atoms with E-state index in [-0.39, 0.29) is 17.6 Å². The first-order chi connectivity index (χ1) is 11.0. The second-order valence-corrected chi connectivity index (χ2v) is 12.6. The molecule has 0 saturated heterocycles. The summed E-state index contributed by atoms with van der Waals surface area (Å²) < 4.78 is 6.38. The van der Waals surface area contributed by atoms with Gasteiger partial charge in [0.15, 0.2) is 0 Å². The zero-order valence-corrected chi connectivity index (χ0v) is 17.6. The van der Waals surface area contributed by atoms with Crippen molar-refractivity contribution < 1.29 is 14.3 Å². The van der Waals surface area contributed by atoms with Crippen LogP contribution in [0.15, 0.2) is 12.1 Å². The largest absolute Gasteiger partial charge is 0.543 e.